The lowest BCUT2D eigenvalue weighted by Crippen LogP contribution is -2.41. The monoisotopic (exact) mass is 370 g/mol. The SMILES string of the molecule is O=C(c1ccc2ncsc2c1)N(CC1OCCO1)C[C@H]1C[C@H]2C=C[C@H]1C2. The van der Waals surface area contributed by atoms with Crippen LogP contribution in [0.3, 0.4) is 0 Å². The first-order chi connectivity index (χ1) is 12.8. The molecule has 3 aliphatic rings. The first-order valence-electron chi connectivity index (χ1n) is 9.30. The van der Waals surface area contributed by atoms with E-state index in [4.69, 9.17) is 9.47 Å². The van der Waals surface area contributed by atoms with Crippen LogP contribution in [0, 0.1) is 17.8 Å². The molecule has 0 N–H and O–H groups in total. The van der Waals surface area contributed by atoms with Gasteiger partial charge in [0, 0.05) is 12.1 Å². The number of aromatic nitrogens is 1. The van der Waals surface area contributed by atoms with E-state index in [0.717, 1.165) is 22.3 Å². The van der Waals surface area contributed by atoms with Crippen molar-refractivity contribution in [2.45, 2.75) is 19.1 Å². The minimum Gasteiger partial charge on any atom is -0.348 e. The number of carbonyl (C=O) groups excluding carboxylic acids is 1. The Morgan fingerprint density at radius 2 is 2.08 bits per heavy atom. The van der Waals surface area contributed by atoms with Gasteiger partial charge in [-0.05, 0) is 48.8 Å². The molecule has 6 heteroatoms. The fourth-order valence-electron chi connectivity index (χ4n) is 4.49. The quantitative estimate of drug-likeness (QED) is 0.758. The highest BCUT2D eigenvalue weighted by Crippen LogP contribution is 2.43. The Bertz CT molecular complexity index is 842. The molecule has 0 spiro atoms. The molecule has 3 atom stereocenters. The van der Waals surface area contributed by atoms with Crippen molar-refractivity contribution in [3.05, 3.63) is 41.4 Å². The van der Waals surface area contributed by atoms with Crippen molar-refractivity contribution in [1.29, 1.82) is 0 Å². The van der Waals surface area contributed by atoms with Gasteiger partial charge in [0.05, 0.1) is 35.5 Å². The molecule has 1 aromatic carbocycles. The summed E-state index contributed by atoms with van der Waals surface area (Å²) in [5.74, 6) is 1.92. The first-order valence-corrected chi connectivity index (χ1v) is 10.2. The topological polar surface area (TPSA) is 51.7 Å². The molecule has 2 aromatic rings. The van der Waals surface area contributed by atoms with Gasteiger partial charge in [0.15, 0.2) is 6.29 Å². The normalized spacial score (nSPS) is 27.6. The van der Waals surface area contributed by atoms with E-state index < -0.39 is 0 Å². The summed E-state index contributed by atoms with van der Waals surface area (Å²) in [5, 5.41) is 0. The number of thiazole rings is 1. The number of nitrogens with zero attached hydrogens (tertiary/aromatic N) is 2. The molecule has 1 saturated heterocycles. The van der Waals surface area contributed by atoms with Crippen LogP contribution in [-0.2, 0) is 9.47 Å². The van der Waals surface area contributed by atoms with Gasteiger partial charge in [0.25, 0.3) is 5.91 Å². The molecule has 5 rings (SSSR count). The van der Waals surface area contributed by atoms with Crippen LogP contribution in [0.4, 0.5) is 0 Å². The van der Waals surface area contributed by atoms with E-state index in [1.165, 1.54) is 12.8 Å². The first kappa shape index (κ1) is 16.4. The summed E-state index contributed by atoms with van der Waals surface area (Å²) in [5.41, 5.74) is 3.48. The van der Waals surface area contributed by atoms with Gasteiger partial charge in [0.2, 0.25) is 0 Å². The number of carbonyl (C=O) groups is 1. The third-order valence-corrected chi connectivity index (χ3v) is 6.59. The average molecular weight is 370 g/mol. The molecular weight excluding hydrogens is 348 g/mol. The summed E-state index contributed by atoms with van der Waals surface area (Å²) in [7, 11) is 0. The molecule has 0 radical (unpaired) electrons. The summed E-state index contributed by atoms with van der Waals surface area (Å²) in [6, 6.07) is 5.77. The van der Waals surface area contributed by atoms with Gasteiger partial charge < -0.3 is 14.4 Å². The standard InChI is InChI=1S/C20H22N2O3S/c23-20(15-3-4-17-18(9-15)26-12-21-17)22(11-19-24-5-6-25-19)10-16-8-13-1-2-14(16)7-13/h1-4,9,12-14,16,19H,5-8,10-11H2/t13-,14-,16+/m0/s1. The highest BCUT2D eigenvalue weighted by Gasteiger charge is 2.38. The minimum absolute atomic E-state index is 0.0613. The molecule has 1 amide bonds. The zero-order valence-electron chi connectivity index (χ0n) is 14.5. The fourth-order valence-corrected chi connectivity index (χ4v) is 5.21. The summed E-state index contributed by atoms with van der Waals surface area (Å²) >= 11 is 1.57. The third kappa shape index (κ3) is 3.06. The van der Waals surface area contributed by atoms with Crippen molar-refractivity contribution >= 4 is 27.5 Å². The molecule has 2 bridgehead atoms. The lowest BCUT2D eigenvalue weighted by molar-refractivity contribution is -0.0592. The van der Waals surface area contributed by atoms with E-state index in [0.29, 0.717) is 37.5 Å². The Morgan fingerprint density at radius 1 is 1.19 bits per heavy atom. The highest BCUT2D eigenvalue weighted by atomic mass is 32.1. The molecule has 2 aliphatic carbocycles. The summed E-state index contributed by atoms with van der Waals surface area (Å²) < 4.78 is 12.3. The summed E-state index contributed by atoms with van der Waals surface area (Å²) in [6.07, 6.45) is 6.81. The smallest absolute Gasteiger partial charge is 0.254 e. The van der Waals surface area contributed by atoms with Crippen LogP contribution in [0.2, 0.25) is 0 Å². The molecule has 26 heavy (non-hydrogen) atoms. The van der Waals surface area contributed by atoms with Gasteiger partial charge in [-0.25, -0.2) is 4.98 Å². The summed E-state index contributed by atoms with van der Waals surface area (Å²) in [6.45, 7) is 2.48. The Kier molecular flexibility index (Phi) is 4.27. The van der Waals surface area contributed by atoms with Crippen LogP contribution in [0.1, 0.15) is 23.2 Å². The van der Waals surface area contributed by atoms with Gasteiger partial charge in [-0.15, -0.1) is 11.3 Å². The van der Waals surface area contributed by atoms with Crippen molar-refractivity contribution in [3.8, 4) is 0 Å². The van der Waals surface area contributed by atoms with E-state index >= 15 is 0 Å². The van der Waals surface area contributed by atoms with Crippen LogP contribution in [0.15, 0.2) is 35.9 Å². The van der Waals surface area contributed by atoms with Crippen molar-refractivity contribution in [3.63, 3.8) is 0 Å². The maximum atomic E-state index is 13.3. The minimum atomic E-state index is -0.305. The van der Waals surface area contributed by atoms with Crippen LogP contribution in [-0.4, -0.2) is 48.4 Å². The predicted molar refractivity (Wildman–Crippen MR) is 100 cm³/mol. The number of rotatable bonds is 5. The van der Waals surface area contributed by atoms with Crippen molar-refractivity contribution in [2.75, 3.05) is 26.3 Å². The van der Waals surface area contributed by atoms with Crippen molar-refractivity contribution in [2.24, 2.45) is 17.8 Å². The molecule has 2 heterocycles. The van der Waals surface area contributed by atoms with Crippen molar-refractivity contribution < 1.29 is 14.3 Å². The number of hydrogen-bond donors (Lipinski definition) is 0. The molecule has 136 valence electrons. The van der Waals surface area contributed by atoms with Gasteiger partial charge in [0.1, 0.15) is 0 Å². The number of fused-ring (bicyclic) bond motifs is 3. The highest BCUT2D eigenvalue weighted by molar-refractivity contribution is 7.16. The zero-order chi connectivity index (χ0) is 17.5. The van der Waals surface area contributed by atoms with E-state index in [1.807, 2.05) is 28.6 Å². The Balaban J connectivity index is 1.38. The number of hydrogen-bond acceptors (Lipinski definition) is 5. The van der Waals surface area contributed by atoms with E-state index in [9.17, 15) is 4.79 Å². The molecular formula is C20H22N2O3S. The Labute approximate surface area is 156 Å². The van der Waals surface area contributed by atoms with Gasteiger partial charge >= 0.3 is 0 Å². The number of ether oxygens (including phenoxy) is 2. The fraction of sp³-hybridized carbons (Fsp3) is 0.500. The third-order valence-electron chi connectivity index (χ3n) is 5.80. The second-order valence-corrected chi connectivity index (χ2v) is 8.34. The molecule has 2 fully saturated rings. The maximum absolute atomic E-state index is 13.3. The lowest BCUT2D eigenvalue weighted by atomic mass is 9.93. The number of benzene rings is 1. The second kappa shape index (κ2) is 6.76. The molecule has 1 saturated carbocycles. The van der Waals surface area contributed by atoms with E-state index in [-0.39, 0.29) is 12.2 Å². The molecule has 1 aromatic heterocycles. The Hall–Kier alpha value is -1.76. The lowest BCUT2D eigenvalue weighted by Gasteiger charge is -2.30. The second-order valence-electron chi connectivity index (χ2n) is 7.46. The van der Waals surface area contributed by atoms with Gasteiger partial charge in [-0.1, -0.05) is 12.2 Å². The van der Waals surface area contributed by atoms with Crippen LogP contribution in [0.25, 0.3) is 10.2 Å². The molecule has 1 aliphatic heterocycles. The largest absolute Gasteiger partial charge is 0.348 e. The van der Waals surface area contributed by atoms with Gasteiger partial charge in [-0.2, -0.15) is 0 Å². The van der Waals surface area contributed by atoms with Gasteiger partial charge in [-0.3, -0.25) is 4.79 Å². The van der Waals surface area contributed by atoms with Crippen LogP contribution in [0.5, 0.6) is 0 Å². The Morgan fingerprint density at radius 3 is 2.85 bits per heavy atom. The average Bonchev–Trinajstić information content (AvgIpc) is 3.43. The van der Waals surface area contributed by atoms with E-state index in [2.05, 4.69) is 17.1 Å². The summed E-state index contributed by atoms with van der Waals surface area (Å²) in [4.78, 5) is 19.5. The number of amides is 1. The van der Waals surface area contributed by atoms with Crippen LogP contribution < -0.4 is 0 Å². The predicted octanol–water partition coefficient (Wildman–Crippen LogP) is 3.32. The molecule has 0 unspecified atom stereocenters. The number of allylic oxidation sites excluding steroid dienone is 2. The van der Waals surface area contributed by atoms with Crippen molar-refractivity contribution in [1.82, 2.24) is 9.88 Å². The molecule has 5 nitrogen and oxygen atoms in total. The van der Waals surface area contributed by atoms with E-state index in [1.54, 1.807) is 11.3 Å². The van der Waals surface area contributed by atoms with Crippen LogP contribution >= 0.6 is 11.3 Å². The maximum Gasteiger partial charge on any atom is 0.254 e. The zero-order valence-corrected chi connectivity index (χ0v) is 15.4.